The largest absolute Gasteiger partial charge is 0.387 e. The van der Waals surface area contributed by atoms with Crippen LogP contribution in [0.2, 0.25) is 0 Å². The molecule has 2 atom stereocenters. The lowest BCUT2D eigenvalue weighted by atomic mass is 9.83. The van der Waals surface area contributed by atoms with Crippen LogP contribution < -0.4 is 10.6 Å². The predicted molar refractivity (Wildman–Crippen MR) is 129 cm³/mol. The van der Waals surface area contributed by atoms with Crippen molar-refractivity contribution in [3.63, 3.8) is 0 Å². The van der Waals surface area contributed by atoms with Gasteiger partial charge in [-0.25, -0.2) is 0 Å². The quantitative estimate of drug-likeness (QED) is 0.426. The molecule has 1 unspecified atom stereocenters. The number of carbonyl (C=O) groups excluding carboxylic acids is 2. The lowest BCUT2D eigenvalue weighted by Gasteiger charge is -2.30. The monoisotopic (exact) mass is 464 g/mol. The van der Waals surface area contributed by atoms with Crippen molar-refractivity contribution in [2.75, 3.05) is 5.32 Å². The van der Waals surface area contributed by atoms with Gasteiger partial charge >= 0.3 is 0 Å². The summed E-state index contributed by atoms with van der Waals surface area (Å²) >= 11 is 0. The number of aromatic amines is 1. The molecule has 180 valence electrons. The van der Waals surface area contributed by atoms with Crippen LogP contribution in [0.4, 0.5) is 5.69 Å². The van der Waals surface area contributed by atoms with Crippen LogP contribution in [-0.2, 0) is 11.8 Å². The van der Waals surface area contributed by atoms with E-state index in [0.29, 0.717) is 17.1 Å². The molecule has 0 spiro atoms. The minimum atomic E-state index is -0.696. The molecule has 9 nitrogen and oxygen atoms in total. The Labute approximate surface area is 199 Å². The van der Waals surface area contributed by atoms with Crippen LogP contribution >= 0.6 is 0 Å². The van der Waals surface area contributed by atoms with Crippen molar-refractivity contribution >= 4 is 17.5 Å². The predicted octanol–water partition coefficient (Wildman–Crippen LogP) is 3.49. The Balaban J connectivity index is 1.51. The summed E-state index contributed by atoms with van der Waals surface area (Å²) in [6.07, 6.45) is 5.95. The van der Waals surface area contributed by atoms with Gasteiger partial charge in [0.05, 0.1) is 11.8 Å². The van der Waals surface area contributed by atoms with Gasteiger partial charge in [-0.1, -0.05) is 31.4 Å². The number of H-pyrrole nitrogens is 1. The highest BCUT2D eigenvalue weighted by Gasteiger charge is 2.32. The molecule has 4 N–H and O–H groups in total. The summed E-state index contributed by atoms with van der Waals surface area (Å²) < 4.78 is 1.50. The van der Waals surface area contributed by atoms with Crippen LogP contribution in [0.15, 0.2) is 36.5 Å². The number of hydrogen-bond acceptors (Lipinski definition) is 5. The Morgan fingerprint density at radius 3 is 2.47 bits per heavy atom. The van der Waals surface area contributed by atoms with Gasteiger partial charge in [-0.05, 0) is 56.4 Å². The van der Waals surface area contributed by atoms with E-state index in [4.69, 9.17) is 0 Å². The van der Waals surface area contributed by atoms with E-state index in [-0.39, 0.29) is 17.7 Å². The molecule has 9 heteroatoms. The molecule has 2 heterocycles. The molecule has 3 aromatic rings. The Bertz CT molecular complexity index is 1140. The van der Waals surface area contributed by atoms with Gasteiger partial charge in [-0.15, -0.1) is 0 Å². The average Bonchev–Trinajstić information content (AvgIpc) is 3.44. The zero-order valence-electron chi connectivity index (χ0n) is 19.8. The number of aryl methyl sites for hydroxylation is 2. The van der Waals surface area contributed by atoms with Gasteiger partial charge in [-0.2, -0.15) is 10.2 Å². The van der Waals surface area contributed by atoms with E-state index in [1.54, 1.807) is 26.2 Å². The maximum absolute atomic E-state index is 13.3. The van der Waals surface area contributed by atoms with Crippen LogP contribution in [0.5, 0.6) is 0 Å². The van der Waals surface area contributed by atoms with E-state index in [2.05, 4.69) is 25.9 Å². The third-order valence-corrected chi connectivity index (χ3v) is 6.56. The van der Waals surface area contributed by atoms with Crippen LogP contribution in [0.1, 0.15) is 67.0 Å². The normalized spacial score (nSPS) is 16.1. The third kappa shape index (κ3) is 5.04. The van der Waals surface area contributed by atoms with Crippen molar-refractivity contribution in [2.24, 2.45) is 13.0 Å². The van der Waals surface area contributed by atoms with Crippen molar-refractivity contribution in [3.05, 3.63) is 53.6 Å². The number of benzene rings is 1. The van der Waals surface area contributed by atoms with E-state index < -0.39 is 12.1 Å². The number of nitrogens with one attached hydrogen (secondary N) is 3. The van der Waals surface area contributed by atoms with Gasteiger partial charge in [0.25, 0.3) is 5.91 Å². The first-order chi connectivity index (χ1) is 16.3. The summed E-state index contributed by atoms with van der Waals surface area (Å²) in [5.41, 5.74) is 4.27. The zero-order valence-corrected chi connectivity index (χ0v) is 19.8. The van der Waals surface area contributed by atoms with Gasteiger partial charge in [0.2, 0.25) is 5.91 Å². The summed E-state index contributed by atoms with van der Waals surface area (Å²) in [5.74, 6) is -0.436. The number of anilines is 1. The smallest absolute Gasteiger partial charge is 0.270 e. The lowest BCUT2D eigenvalue weighted by molar-refractivity contribution is -0.119. The summed E-state index contributed by atoms with van der Waals surface area (Å²) in [4.78, 5) is 26.2. The number of rotatable bonds is 7. The molecule has 0 bridgehead atoms. The molecule has 4 rings (SSSR count). The molecule has 1 fully saturated rings. The highest BCUT2D eigenvalue weighted by Crippen LogP contribution is 2.31. The average molecular weight is 465 g/mol. The molecule has 1 aromatic carbocycles. The van der Waals surface area contributed by atoms with E-state index in [1.165, 1.54) is 4.68 Å². The minimum Gasteiger partial charge on any atom is -0.387 e. The van der Waals surface area contributed by atoms with Gasteiger partial charge in [0, 0.05) is 30.2 Å². The summed E-state index contributed by atoms with van der Waals surface area (Å²) in [5, 5.41) is 27.1. The summed E-state index contributed by atoms with van der Waals surface area (Å²) in [7, 11) is 1.71. The Hall–Kier alpha value is -3.46. The van der Waals surface area contributed by atoms with Crippen LogP contribution in [0.25, 0.3) is 11.1 Å². The van der Waals surface area contributed by atoms with Gasteiger partial charge in [-0.3, -0.25) is 19.4 Å². The SMILES string of the molecule is Cc1[nH]nc(C(C)O)c1-c1ccc(NC(=O)[C@@H](NC(=O)c2ccnn2C)C2CCCCC2)cc1. The summed E-state index contributed by atoms with van der Waals surface area (Å²) in [6.45, 7) is 3.59. The van der Waals surface area contributed by atoms with E-state index in [1.807, 2.05) is 31.2 Å². The number of nitrogens with zero attached hydrogens (tertiary/aromatic N) is 3. The number of aliphatic hydroxyl groups is 1. The van der Waals surface area contributed by atoms with Crippen LogP contribution in [0.3, 0.4) is 0 Å². The fourth-order valence-corrected chi connectivity index (χ4v) is 4.73. The lowest BCUT2D eigenvalue weighted by Crippen LogP contribution is -2.49. The Kier molecular flexibility index (Phi) is 7.12. The maximum Gasteiger partial charge on any atom is 0.270 e. The second kappa shape index (κ2) is 10.2. The highest BCUT2D eigenvalue weighted by atomic mass is 16.3. The molecular weight excluding hydrogens is 432 g/mol. The number of aromatic nitrogens is 4. The molecule has 2 amide bonds. The highest BCUT2D eigenvalue weighted by molar-refractivity contribution is 6.00. The van der Waals surface area contributed by atoms with Crippen molar-refractivity contribution in [2.45, 2.75) is 58.1 Å². The van der Waals surface area contributed by atoms with Gasteiger partial charge in [0.15, 0.2) is 0 Å². The number of aliphatic hydroxyl groups excluding tert-OH is 1. The molecule has 1 aliphatic carbocycles. The first-order valence-electron chi connectivity index (χ1n) is 11.8. The van der Waals surface area contributed by atoms with Crippen molar-refractivity contribution in [1.82, 2.24) is 25.3 Å². The number of amides is 2. The second-order valence-electron chi connectivity index (χ2n) is 9.04. The summed E-state index contributed by atoms with van der Waals surface area (Å²) in [6, 6.07) is 8.45. The maximum atomic E-state index is 13.3. The fourth-order valence-electron chi connectivity index (χ4n) is 4.73. The third-order valence-electron chi connectivity index (χ3n) is 6.56. The molecule has 1 aliphatic rings. The fraction of sp³-hybridized carbons (Fsp3) is 0.440. The minimum absolute atomic E-state index is 0.0902. The first-order valence-corrected chi connectivity index (χ1v) is 11.8. The van der Waals surface area contributed by atoms with E-state index >= 15 is 0 Å². The molecule has 34 heavy (non-hydrogen) atoms. The van der Waals surface area contributed by atoms with Crippen molar-refractivity contribution in [3.8, 4) is 11.1 Å². The van der Waals surface area contributed by atoms with Gasteiger partial charge in [0.1, 0.15) is 11.7 Å². The van der Waals surface area contributed by atoms with Crippen molar-refractivity contribution < 1.29 is 14.7 Å². The van der Waals surface area contributed by atoms with Crippen LogP contribution in [-0.4, -0.2) is 42.9 Å². The molecule has 0 aliphatic heterocycles. The Morgan fingerprint density at radius 1 is 1.15 bits per heavy atom. The van der Waals surface area contributed by atoms with E-state index in [0.717, 1.165) is 48.9 Å². The van der Waals surface area contributed by atoms with Gasteiger partial charge < -0.3 is 15.7 Å². The standard InChI is InChI=1S/C25H32N6O3/c1-15-21(22(16(2)32)30-29-15)17-9-11-19(12-10-17)27-25(34)23(18-7-5-4-6-8-18)28-24(33)20-13-14-26-31(20)3/h9-14,16,18,23,32H,4-8H2,1-3H3,(H,27,34)(H,28,33)(H,29,30)/t16?,23-/m0/s1. The zero-order chi connectivity index (χ0) is 24.2. The van der Waals surface area contributed by atoms with Crippen LogP contribution in [0, 0.1) is 12.8 Å². The molecule has 2 aromatic heterocycles. The topological polar surface area (TPSA) is 125 Å². The molecular formula is C25H32N6O3. The molecule has 1 saturated carbocycles. The first kappa shape index (κ1) is 23.7. The second-order valence-corrected chi connectivity index (χ2v) is 9.04. The number of carbonyl (C=O) groups is 2. The molecule has 0 radical (unpaired) electrons. The Morgan fingerprint density at radius 2 is 1.85 bits per heavy atom. The van der Waals surface area contributed by atoms with Crippen molar-refractivity contribution in [1.29, 1.82) is 0 Å². The molecule has 0 saturated heterocycles. The number of hydrogen-bond donors (Lipinski definition) is 4. The van der Waals surface area contributed by atoms with E-state index in [9.17, 15) is 14.7 Å².